The van der Waals surface area contributed by atoms with E-state index in [1.165, 1.54) is 0 Å². The summed E-state index contributed by atoms with van der Waals surface area (Å²) in [6.45, 7) is 4.36. The molecule has 0 aliphatic heterocycles. The lowest BCUT2D eigenvalue weighted by Crippen LogP contribution is -2.25. The van der Waals surface area contributed by atoms with Crippen molar-refractivity contribution in [3.8, 4) is 5.75 Å². The maximum atomic E-state index is 9.79. The molecule has 5 nitrogen and oxygen atoms in total. The molecule has 0 aromatic heterocycles. The second kappa shape index (κ2) is 9.99. The fraction of sp³-hybridized carbons (Fsp3) is 0.571. The van der Waals surface area contributed by atoms with Crippen LogP contribution >= 0.6 is 15.9 Å². The van der Waals surface area contributed by atoms with E-state index in [2.05, 4.69) is 21.2 Å². The normalized spacial score (nSPS) is 12.2. The highest BCUT2D eigenvalue weighted by molar-refractivity contribution is 9.10. The second-order valence-corrected chi connectivity index (χ2v) is 5.10. The van der Waals surface area contributed by atoms with Gasteiger partial charge in [0.25, 0.3) is 0 Å². The van der Waals surface area contributed by atoms with Crippen molar-refractivity contribution in [3.63, 3.8) is 0 Å². The molecule has 1 rings (SSSR count). The maximum Gasteiger partial charge on any atom is 0.122 e. The van der Waals surface area contributed by atoms with Crippen molar-refractivity contribution in [1.82, 2.24) is 0 Å². The smallest absolute Gasteiger partial charge is 0.122 e. The minimum absolute atomic E-state index is 0.283. The summed E-state index contributed by atoms with van der Waals surface area (Å²) in [5, 5.41) is 12.9. The first kappa shape index (κ1) is 17.2. The summed E-state index contributed by atoms with van der Waals surface area (Å²) in [6, 6.07) is 5.66. The summed E-state index contributed by atoms with van der Waals surface area (Å²) < 4.78 is 16.5. The van der Waals surface area contributed by atoms with Crippen molar-refractivity contribution in [1.29, 1.82) is 0 Å². The molecule has 6 heteroatoms. The van der Waals surface area contributed by atoms with E-state index in [-0.39, 0.29) is 6.61 Å². The molecule has 0 fully saturated rings. The van der Waals surface area contributed by atoms with E-state index in [1.807, 2.05) is 25.1 Å². The quantitative estimate of drug-likeness (QED) is 0.636. The summed E-state index contributed by atoms with van der Waals surface area (Å²) in [5.74, 6) is 0.754. The van der Waals surface area contributed by atoms with Crippen LogP contribution in [0.5, 0.6) is 5.75 Å². The van der Waals surface area contributed by atoms with Gasteiger partial charge in [0.1, 0.15) is 5.75 Å². The van der Waals surface area contributed by atoms with Crippen molar-refractivity contribution in [2.45, 2.75) is 13.0 Å². The number of ether oxygens (including phenoxy) is 3. The molecule has 0 radical (unpaired) electrons. The van der Waals surface area contributed by atoms with Crippen molar-refractivity contribution in [3.05, 3.63) is 22.7 Å². The van der Waals surface area contributed by atoms with Crippen molar-refractivity contribution in [2.24, 2.45) is 0 Å². The van der Waals surface area contributed by atoms with Gasteiger partial charge in [0, 0.05) is 29.4 Å². The first-order chi connectivity index (χ1) is 9.65. The minimum Gasteiger partial charge on any atom is -0.497 e. The monoisotopic (exact) mass is 347 g/mol. The Balaban J connectivity index is 2.26. The third-order valence-corrected chi connectivity index (χ3v) is 2.99. The fourth-order valence-electron chi connectivity index (χ4n) is 1.56. The molecule has 2 N–H and O–H groups in total. The van der Waals surface area contributed by atoms with E-state index in [0.29, 0.717) is 26.4 Å². The number of rotatable bonds is 10. The average molecular weight is 348 g/mol. The summed E-state index contributed by atoms with van der Waals surface area (Å²) in [4.78, 5) is 0. The molecular weight excluding hydrogens is 326 g/mol. The summed E-state index contributed by atoms with van der Waals surface area (Å²) in [5.41, 5.74) is 0.879. The average Bonchev–Trinajstić information content (AvgIpc) is 2.44. The molecule has 0 saturated heterocycles. The van der Waals surface area contributed by atoms with Crippen molar-refractivity contribution in [2.75, 3.05) is 45.4 Å². The fourth-order valence-corrected chi connectivity index (χ4v) is 2.03. The highest BCUT2D eigenvalue weighted by Gasteiger charge is 2.05. The summed E-state index contributed by atoms with van der Waals surface area (Å²) in [6.07, 6.45) is -0.568. The molecule has 0 spiro atoms. The van der Waals surface area contributed by atoms with E-state index >= 15 is 0 Å². The molecule has 0 heterocycles. The topological polar surface area (TPSA) is 60.0 Å². The van der Waals surface area contributed by atoms with Crippen LogP contribution < -0.4 is 10.1 Å². The number of hydrogen-bond donors (Lipinski definition) is 2. The molecule has 0 aliphatic rings. The predicted molar refractivity (Wildman–Crippen MR) is 82.5 cm³/mol. The largest absolute Gasteiger partial charge is 0.497 e. The number of nitrogens with one attached hydrogen (secondary N) is 1. The Labute approximate surface area is 128 Å². The third-order valence-electron chi connectivity index (χ3n) is 2.54. The Hall–Kier alpha value is -0.820. The second-order valence-electron chi connectivity index (χ2n) is 4.19. The number of halogens is 1. The van der Waals surface area contributed by atoms with Crippen LogP contribution in [0.25, 0.3) is 0 Å². The van der Waals surface area contributed by atoms with Gasteiger partial charge in [0.05, 0.1) is 33.0 Å². The number of methoxy groups -OCH3 is 1. The number of aliphatic hydroxyl groups is 1. The molecule has 20 heavy (non-hydrogen) atoms. The van der Waals surface area contributed by atoms with Crippen LogP contribution in [0.15, 0.2) is 22.7 Å². The highest BCUT2D eigenvalue weighted by Crippen LogP contribution is 2.24. The van der Waals surface area contributed by atoms with E-state index in [9.17, 15) is 5.11 Å². The Kier molecular flexibility index (Phi) is 8.60. The zero-order valence-electron chi connectivity index (χ0n) is 11.9. The Morgan fingerprint density at radius 2 is 2.00 bits per heavy atom. The first-order valence-electron chi connectivity index (χ1n) is 6.57. The van der Waals surface area contributed by atoms with Gasteiger partial charge in [-0.15, -0.1) is 0 Å². The van der Waals surface area contributed by atoms with Crippen LogP contribution in [0.2, 0.25) is 0 Å². The van der Waals surface area contributed by atoms with Gasteiger partial charge in [-0.05, 0) is 19.1 Å². The van der Waals surface area contributed by atoms with E-state index in [0.717, 1.165) is 15.9 Å². The molecule has 1 aromatic carbocycles. The number of benzene rings is 1. The lowest BCUT2D eigenvalue weighted by molar-refractivity contribution is 0.0103. The number of hydrogen-bond acceptors (Lipinski definition) is 5. The Morgan fingerprint density at radius 3 is 2.70 bits per heavy atom. The van der Waals surface area contributed by atoms with E-state index < -0.39 is 6.10 Å². The zero-order valence-corrected chi connectivity index (χ0v) is 13.5. The van der Waals surface area contributed by atoms with E-state index in [4.69, 9.17) is 14.2 Å². The van der Waals surface area contributed by atoms with Gasteiger partial charge in [-0.1, -0.05) is 15.9 Å². The molecule has 114 valence electrons. The maximum absolute atomic E-state index is 9.79. The lowest BCUT2D eigenvalue weighted by Gasteiger charge is -2.14. The van der Waals surface area contributed by atoms with Crippen LogP contribution in [0.4, 0.5) is 5.69 Å². The molecule has 0 amide bonds. The van der Waals surface area contributed by atoms with Gasteiger partial charge >= 0.3 is 0 Å². The molecule has 1 atom stereocenters. The highest BCUT2D eigenvalue weighted by atomic mass is 79.9. The number of aliphatic hydroxyl groups excluding tert-OH is 1. The van der Waals surface area contributed by atoms with Gasteiger partial charge < -0.3 is 24.6 Å². The summed E-state index contributed by atoms with van der Waals surface area (Å²) in [7, 11) is 1.62. The predicted octanol–water partition coefficient (Wildman–Crippen LogP) is 2.28. The molecule has 1 aromatic rings. The third kappa shape index (κ3) is 7.09. The Morgan fingerprint density at radius 1 is 1.25 bits per heavy atom. The van der Waals surface area contributed by atoms with Gasteiger partial charge in [-0.2, -0.15) is 0 Å². The Bertz CT molecular complexity index is 389. The van der Waals surface area contributed by atoms with E-state index in [1.54, 1.807) is 7.11 Å². The van der Waals surface area contributed by atoms with Crippen molar-refractivity contribution < 1.29 is 19.3 Å². The molecule has 0 aliphatic carbocycles. The molecule has 1 unspecified atom stereocenters. The molecule has 0 bridgehead atoms. The zero-order chi connectivity index (χ0) is 14.8. The first-order valence-corrected chi connectivity index (χ1v) is 7.37. The SMILES string of the molecule is CCOCCOCC(O)CNc1cc(Br)cc(OC)c1. The van der Waals surface area contributed by atoms with Gasteiger partial charge in [0.2, 0.25) is 0 Å². The van der Waals surface area contributed by atoms with Crippen molar-refractivity contribution >= 4 is 21.6 Å². The van der Waals surface area contributed by atoms with Gasteiger partial charge in [-0.25, -0.2) is 0 Å². The van der Waals surface area contributed by atoms with Gasteiger partial charge in [-0.3, -0.25) is 0 Å². The lowest BCUT2D eigenvalue weighted by atomic mass is 10.3. The van der Waals surface area contributed by atoms with Crippen LogP contribution in [-0.4, -0.2) is 51.3 Å². The summed E-state index contributed by atoms with van der Waals surface area (Å²) >= 11 is 3.41. The molecular formula is C14H22BrNO4. The number of anilines is 1. The molecule has 0 saturated carbocycles. The minimum atomic E-state index is -0.568. The van der Waals surface area contributed by atoms with Crippen LogP contribution in [0.3, 0.4) is 0 Å². The van der Waals surface area contributed by atoms with Crippen LogP contribution in [0, 0.1) is 0 Å². The van der Waals surface area contributed by atoms with Crippen LogP contribution in [-0.2, 0) is 9.47 Å². The van der Waals surface area contributed by atoms with Crippen LogP contribution in [0.1, 0.15) is 6.92 Å². The standard InChI is InChI=1S/C14H22BrNO4/c1-3-19-4-5-20-10-13(17)9-16-12-6-11(15)7-14(8-12)18-2/h6-8,13,16-17H,3-5,9-10H2,1-2H3. The van der Waals surface area contributed by atoms with Gasteiger partial charge in [0.15, 0.2) is 0 Å².